The first-order chi connectivity index (χ1) is 10.8. The summed E-state index contributed by atoms with van der Waals surface area (Å²) in [4.78, 5) is 24.8. The Balaban J connectivity index is 1.97. The number of likely N-dealkylation sites (tertiary alicyclic amines) is 1. The highest BCUT2D eigenvalue weighted by Gasteiger charge is 2.28. The highest BCUT2D eigenvalue weighted by Crippen LogP contribution is 2.29. The number of carbonyl (C=O) groups excluding carboxylic acids is 1. The van der Waals surface area contributed by atoms with Crippen LogP contribution in [0.1, 0.15) is 38.8 Å². The minimum Gasteiger partial charge on any atom is -0.362 e. The van der Waals surface area contributed by atoms with Crippen LogP contribution in [-0.2, 0) is 11.8 Å². The minimum absolute atomic E-state index is 0.0332. The van der Waals surface area contributed by atoms with Crippen LogP contribution in [0.2, 0.25) is 0 Å². The number of piperidine rings is 1. The van der Waals surface area contributed by atoms with E-state index in [4.69, 9.17) is 0 Å². The van der Waals surface area contributed by atoms with Crippen molar-refractivity contribution in [3.05, 3.63) is 15.8 Å². The molecule has 1 N–H and O–H groups in total. The number of rotatable bonds is 5. The summed E-state index contributed by atoms with van der Waals surface area (Å²) in [7, 11) is 1.70. The lowest BCUT2D eigenvalue weighted by Gasteiger charge is -2.33. The molecule has 128 valence electrons. The molecule has 0 saturated carbocycles. The molecule has 1 aromatic heterocycles. The molecule has 8 heteroatoms. The Morgan fingerprint density at radius 1 is 1.43 bits per heavy atom. The molecule has 1 aromatic rings. The zero-order valence-corrected chi connectivity index (χ0v) is 14.2. The molecule has 0 bridgehead atoms. The van der Waals surface area contributed by atoms with E-state index in [1.54, 1.807) is 14.0 Å². The van der Waals surface area contributed by atoms with Gasteiger partial charge in [0.2, 0.25) is 11.7 Å². The second-order valence-electron chi connectivity index (χ2n) is 6.56. The second kappa shape index (κ2) is 6.97. The Kier molecular flexibility index (Phi) is 5.23. The van der Waals surface area contributed by atoms with E-state index < -0.39 is 4.92 Å². The summed E-state index contributed by atoms with van der Waals surface area (Å²) in [6, 6.07) is 0.117. The second-order valence-corrected chi connectivity index (χ2v) is 6.56. The number of anilines is 1. The SMILES string of the molecule is Cc1nn(C)c(NC2CCN(C(=O)CC(C)C)CC2)c1[N+](=O)[O-]. The van der Waals surface area contributed by atoms with Crippen molar-refractivity contribution >= 4 is 17.4 Å². The van der Waals surface area contributed by atoms with E-state index in [1.807, 2.05) is 18.7 Å². The number of aromatic nitrogens is 2. The molecule has 23 heavy (non-hydrogen) atoms. The standard InChI is InChI=1S/C15H25N5O3/c1-10(2)9-13(21)19-7-5-12(6-8-19)16-15-14(20(22)23)11(3)17-18(15)4/h10,12,16H,5-9H2,1-4H3. The Morgan fingerprint density at radius 3 is 2.57 bits per heavy atom. The summed E-state index contributed by atoms with van der Waals surface area (Å²) in [5, 5.41) is 18.6. The maximum atomic E-state index is 12.1. The van der Waals surface area contributed by atoms with Gasteiger partial charge in [-0.1, -0.05) is 13.8 Å². The highest BCUT2D eigenvalue weighted by atomic mass is 16.6. The van der Waals surface area contributed by atoms with Crippen molar-refractivity contribution < 1.29 is 9.72 Å². The number of amides is 1. The highest BCUT2D eigenvalue weighted by molar-refractivity contribution is 5.76. The monoisotopic (exact) mass is 323 g/mol. The third-order valence-electron chi connectivity index (χ3n) is 4.14. The van der Waals surface area contributed by atoms with Gasteiger partial charge in [0.1, 0.15) is 5.69 Å². The lowest BCUT2D eigenvalue weighted by molar-refractivity contribution is -0.384. The fourth-order valence-electron chi connectivity index (χ4n) is 2.97. The summed E-state index contributed by atoms with van der Waals surface area (Å²) in [6.45, 7) is 7.09. The van der Waals surface area contributed by atoms with Crippen LogP contribution in [0.15, 0.2) is 0 Å². The predicted molar refractivity (Wildman–Crippen MR) is 87.3 cm³/mol. The molecule has 0 aromatic carbocycles. The summed E-state index contributed by atoms with van der Waals surface area (Å²) >= 11 is 0. The molecule has 1 aliphatic heterocycles. The maximum absolute atomic E-state index is 12.1. The number of nitro groups is 1. The van der Waals surface area contributed by atoms with Gasteiger partial charge >= 0.3 is 5.69 Å². The fourth-order valence-corrected chi connectivity index (χ4v) is 2.97. The Labute approximate surface area is 136 Å². The number of hydrogen-bond acceptors (Lipinski definition) is 5. The number of carbonyl (C=O) groups is 1. The van der Waals surface area contributed by atoms with Crippen LogP contribution < -0.4 is 5.32 Å². The van der Waals surface area contributed by atoms with Crippen LogP contribution in [0.4, 0.5) is 11.5 Å². The van der Waals surface area contributed by atoms with Crippen molar-refractivity contribution in [1.82, 2.24) is 14.7 Å². The van der Waals surface area contributed by atoms with Gasteiger partial charge in [-0.3, -0.25) is 14.9 Å². The minimum atomic E-state index is -0.397. The molecule has 8 nitrogen and oxygen atoms in total. The third-order valence-corrected chi connectivity index (χ3v) is 4.14. The van der Waals surface area contributed by atoms with Gasteiger partial charge in [0.15, 0.2) is 0 Å². The first-order valence-electron chi connectivity index (χ1n) is 8.02. The number of aryl methyl sites for hydroxylation is 2. The largest absolute Gasteiger partial charge is 0.362 e. The van der Waals surface area contributed by atoms with Gasteiger partial charge in [0.25, 0.3) is 0 Å². The van der Waals surface area contributed by atoms with Gasteiger partial charge in [-0.05, 0) is 25.7 Å². The molecule has 1 amide bonds. The zero-order chi connectivity index (χ0) is 17.1. The molecule has 0 aliphatic carbocycles. The molecule has 1 saturated heterocycles. The Bertz CT molecular complexity index is 588. The van der Waals surface area contributed by atoms with Crippen LogP contribution in [-0.4, -0.2) is 44.6 Å². The van der Waals surface area contributed by atoms with Crippen molar-refractivity contribution in [1.29, 1.82) is 0 Å². The predicted octanol–water partition coefficient (Wildman–Crippen LogP) is 2.09. The van der Waals surface area contributed by atoms with Crippen molar-refractivity contribution in [2.24, 2.45) is 13.0 Å². The summed E-state index contributed by atoms with van der Waals surface area (Å²) in [6.07, 6.45) is 2.14. The number of nitrogens with zero attached hydrogens (tertiary/aromatic N) is 4. The quantitative estimate of drug-likeness (QED) is 0.661. The number of hydrogen-bond donors (Lipinski definition) is 1. The van der Waals surface area contributed by atoms with E-state index in [0.717, 1.165) is 12.8 Å². The van der Waals surface area contributed by atoms with Crippen LogP contribution in [0.5, 0.6) is 0 Å². The molecule has 2 rings (SSSR count). The van der Waals surface area contributed by atoms with E-state index in [0.29, 0.717) is 36.9 Å². The summed E-state index contributed by atoms with van der Waals surface area (Å²) in [5.41, 5.74) is 0.440. The van der Waals surface area contributed by atoms with Gasteiger partial charge in [-0.2, -0.15) is 5.10 Å². The maximum Gasteiger partial charge on any atom is 0.333 e. The van der Waals surface area contributed by atoms with Gasteiger partial charge in [-0.15, -0.1) is 0 Å². The Morgan fingerprint density at radius 2 is 2.04 bits per heavy atom. The van der Waals surface area contributed by atoms with Crippen LogP contribution in [0, 0.1) is 23.0 Å². The van der Waals surface area contributed by atoms with Crippen molar-refractivity contribution in [3.8, 4) is 0 Å². The van der Waals surface area contributed by atoms with Gasteiger partial charge in [-0.25, -0.2) is 4.68 Å². The lowest BCUT2D eigenvalue weighted by Crippen LogP contribution is -2.42. The van der Waals surface area contributed by atoms with Crippen molar-refractivity contribution in [2.45, 2.75) is 46.1 Å². The van der Waals surface area contributed by atoms with Crippen LogP contribution in [0.3, 0.4) is 0 Å². The normalized spacial score (nSPS) is 16.0. The van der Waals surface area contributed by atoms with E-state index in [1.165, 1.54) is 4.68 Å². The lowest BCUT2D eigenvalue weighted by atomic mass is 10.0. The number of nitrogens with one attached hydrogen (secondary N) is 1. The van der Waals surface area contributed by atoms with E-state index in [9.17, 15) is 14.9 Å². The molecule has 2 heterocycles. The molecule has 1 fully saturated rings. The van der Waals surface area contributed by atoms with Gasteiger partial charge in [0, 0.05) is 32.6 Å². The molecule has 0 radical (unpaired) electrons. The van der Waals surface area contributed by atoms with E-state index in [2.05, 4.69) is 10.4 Å². The zero-order valence-electron chi connectivity index (χ0n) is 14.2. The molecule has 0 unspecified atom stereocenters. The fraction of sp³-hybridized carbons (Fsp3) is 0.733. The first-order valence-corrected chi connectivity index (χ1v) is 8.02. The first kappa shape index (κ1) is 17.2. The van der Waals surface area contributed by atoms with E-state index >= 15 is 0 Å². The average molecular weight is 323 g/mol. The van der Waals surface area contributed by atoms with Crippen LogP contribution >= 0.6 is 0 Å². The summed E-state index contributed by atoms with van der Waals surface area (Å²) in [5.74, 6) is 0.999. The van der Waals surface area contributed by atoms with Crippen molar-refractivity contribution in [3.63, 3.8) is 0 Å². The average Bonchev–Trinajstić information content (AvgIpc) is 2.73. The molecular weight excluding hydrogens is 298 g/mol. The third kappa shape index (κ3) is 4.00. The topological polar surface area (TPSA) is 93.3 Å². The van der Waals surface area contributed by atoms with Gasteiger partial charge in [0.05, 0.1) is 4.92 Å². The molecular formula is C15H25N5O3. The molecule has 0 atom stereocenters. The van der Waals surface area contributed by atoms with Gasteiger partial charge < -0.3 is 10.2 Å². The Hall–Kier alpha value is -2.12. The molecule has 0 spiro atoms. The van der Waals surface area contributed by atoms with Crippen molar-refractivity contribution in [2.75, 3.05) is 18.4 Å². The van der Waals surface area contributed by atoms with Crippen LogP contribution in [0.25, 0.3) is 0 Å². The molecule has 1 aliphatic rings. The smallest absolute Gasteiger partial charge is 0.333 e. The van der Waals surface area contributed by atoms with E-state index in [-0.39, 0.29) is 17.6 Å². The summed E-state index contributed by atoms with van der Waals surface area (Å²) < 4.78 is 1.52.